The Kier molecular flexibility index (Phi) is 7.97. The Balaban J connectivity index is 4.47. The minimum absolute atomic E-state index is 0.913. The average Bonchev–Trinajstić information content (AvgIpc) is 2.42. The zero-order chi connectivity index (χ0) is 15.2. The average molecular weight is 286 g/mol. The number of hydrogen-bond acceptors (Lipinski definition) is 10. The summed E-state index contributed by atoms with van der Waals surface area (Å²) in [5.41, 5.74) is 0. The fraction of sp³-hybridized carbons (Fsp3) is 0.889. The lowest BCUT2D eigenvalue weighted by Crippen LogP contribution is -2.51. The van der Waals surface area contributed by atoms with Crippen LogP contribution in [0.15, 0.2) is 0 Å². The molecule has 2 unspecified atom stereocenters. The Bertz CT molecular complexity index is 272. The highest BCUT2D eigenvalue weighted by molar-refractivity contribution is 5.74. The van der Waals surface area contributed by atoms with Gasteiger partial charge in [-0.25, -0.2) is 4.79 Å². The summed E-state index contributed by atoms with van der Waals surface area (Å²) in [4.78, 5) is 10.9. The molecule has 0 radical (unpaired) electrons. The highest BCUT2D eigenvalue weighted by atomic mass is 16.7. The van der Waals surface area contributed by atoms with E-state index >= 15 is 0 Å². The third-order valence-corrected chi connectivity index (χ3v) is 2.26. The van der Waals surface area contributed by atoms with E-state index in [2.05, 4.69) is 4.74 Å². The van der Waals surface area contributed by atoms with Gasteiger partial charge >= 0.3 is 5.97 Å². The van der Waals surface area contributed by atoms with Crippen LogP contribution in [0.3, 0.4) is 0 Å². The minimum atomic E-state index is -2.32. The van der Waals surface area contributed by atoms with Crippen LogP contribution < -0.4 is 0 Å². The number of hydrogen-bond donors (Lipinski definition) is 8. The third kappa shape index (κ3) is 5.34. The Morgan fingerprint density at radius 3 is 1.79 bits per heavy atom. The monoisotopic (exact) mass is 286 g/mol. The molecule has 114 valence electrons. The second-order valence-corrected chi connectivity index (χ2v) is 3.75. The van der Waals surface area contributed by atoms with Crippen molar-refractivity contribution < 1.29 is 50.4 Å². The Morgan fingerprint density at radius 2 is 1.37 bits per heavy atom. The third-order valence-electron chi connectivity index (χ3n) is 2.26. The molecule has 8 N–H and O–H groups in total. The van der Waals surface area contributed by atoms with Gasteiger partial charge in [0.2, 0.25) is 6.29 Å². The molecule has 0 aromatic carbocycles. The fourth-order valence-electron chi connectivity index (χ4n) is 1.05. The first kappa shape index (κ1) is 18.1. The Morgan fingerprint density at radius 1 is 0.842 bits per heavy atom. The van der Waals surface area contributed by atoms with Gasteiger partial charge in [0.05, 0.1) is 13.2 Å². The van der Waals surface area contributed by atoms with E-state index in [-0.39, 0.29) is 0 Å². The second-order valence-electron chi connectivity index (χ2n) is 3.75. The first-order valence-electron chi connectivity index (χ1n) is 5.26. The van der Waals surface area contributed by atoms with Crippen LogP contribution in [0, 0.1) is 0 Å². The van der Waals surface area contributed by atoms with Crippen LogP contribution in [0.5, 0.6) is 0 Å². The zero-order valence-electron chi connectivity index (χ0n) is 9.77. The topological polar surface area (TPSA) is 188 Å². The van der Waals surface area contributed by atoms with Crippen molar-refractivity contribution in [3.8, 4) is 0 Å². The summed E-state index contributed by atoms with van der Waals surface area (Å²) in [6.45, 7) is -1.89. The fourth-order valence-corrected chi connectivity index (χ4v) is 1.05. The van der Waals surface area contributed by atoms with Crippen molar-refractivity contribution in [2.75, 3.05) is 13.2 Å². The maximum atomic E-state index is 10.9. The number of esters is 1. The Labute approximate surface area is 107 Å². The first-order chi connectivity index (χ1) is 8.76. The number of carbonyl (C=O) groups excluding carboxylic acids is 1. The number of rotatable bonds is 8. The molecule has 0 aliphatic rings. The maximum absolute atomic E-state index is 10.9. The maximum Gasteiger partial charge on any atom is 0.339 e. The van der Waals surface area contributed by atoms with Crippen molar-refractivity contribution in [3.63, 3.8) is 0 Å². The van der Waals surface area contributed by atoms with Gasteiger partial charge in [-0.05, 0) is 0 Å². The molecular formula is C9H18O10. The molecule has 0 aromatic heterocycles. The van der Waals surface area contributed by atoms with Gasteiger partial charge in [-0.15, -0.1) is 0 Å². The van der Waals surface area contributed by atoms with Crippen molar-refractivity contribution in [1.82, 2.24) is 0 Å². The molecule has 0 aromatic rings. The van der Waals surface area contributed by atoms with Crippen LogP contribution in [-0.2, 0) is 9.53 Å². The van der Waals surface area contributed by atoms with Crippen molar-refractivity contribution in [2.45, 2.75) is 36.8 Å². The number of ether oxygens (including phenoxy) is 1. The molecule has 0 bridgehead atoms. The molecule has 0 fully saturated rings. The molecule has 0 rings (SSSR count). The van der Waals surface area contributed by atoms with Gasteiger partial charge in [0.25, 0.3) is 0 Å². The van der Waals surface area contributed by atoms with Crippen LogP contribution in [0.25, 0.3) is 0 Å². The summed E-state index contributed by atoms with van der Waals surface area (Å²) in [7, 11) is 0. The van der Waals surface area contributed by atoms with Gasteiger partial charge in [-0.3, -0.25) is 0 Å². The molecule has 19 heavy (non-hydrogen) atoms. The van der Waals surface area contributed by atoms with E-state index in [1.807, 2.05) is 0 Å². The van der Waals surface area contributed by atoms with Gasteiger partial charge in [0, 0.05) is 0 Å². The van der Waals surface area contributed by atoms with Crippen LogP contribution in [-0.4, -0.2) is 96.8 Å². The number of aliphatic hydroxyl groups excluding tert-OH is 8. The molecule has 6 atom stereocenters. The quantitative estimate of drug-likeness (QED) is 0.158. The van der Waals surface area contributed by atoms with E-state index in [1.54, 1.807) is 0 Å². The predicted octanol–water partition coefficient (Wildman–Crippen LogP) is -5.36. The highest BCUT2D eigenvalue weighted by Crippen LogP contribution is 2.10. The largest absolute Gasteiger partial charge is 0.431 e. The lowest BCUT2D eigenvalue weighted by Gasteiger charge is -2.28. The summed E-state index contributed by atoms with van der Waals surface area (Å²) in [5.74, 6) is -1.46. The van der Waals surface area contributed by atoms with Gasteiger partial charge in [0.1, 0.15) is 24.4 Å². The van der Waals surface area contributed by atoms with Crippen LogP contribution in [0.2, 0.25) is 0 Å². The number of carbonyl (C=O) groups is 1. The van der Waals surface area contributed by atoms with Gasteiger partial charge in [0.15, 0.2) is 6.10 Å². The lowest BCUT2D eigenvalue weighted by molar-refractivity contribution is -0.219. The first-order valence-corrected chi connectivity index (χ1v) is 5.26. The molecule has 10 nitrogen and oxygen atoms in total. The molecule has 10 heteroatoms. The summed E-state index contributed by atoms with van der Waals surface area (Å²) < 4.78 is 4.09. The molecule has 0 spiro atoms. The standard InChI is InChI=1S/C9H18O10/c10-1-3(12)5(14)6(15)7(16)9(18)19-8(17)4(13)2-11/h3-7,9-16,18H,1-2H2/t3-,4?,5+,6+,7+,9?/m0/s1. The summed E-state index contributed by atoms with van der Waals surface area (Å²) in [6, 6.07) is 0. The van der Waals surface area contributed by atoms with Gasteiger partial charge in [-0.1, -0.05) is 0 Å². The molecule has 0 saturated carbocycles. The summed E-state index contributed by atoms with van der Waals surface area (Å²) in [5, 5.41) is 71.9. The van der Waals surface area contributed by atoms with E-state index < -0.39 is 56.0 Å². The van der Waals surface area contributed by atoms with Gasteiger partial charge in [-0.2, -0.15) is 0 Å². The number of aliphatic hydroxyl groups is 8. The molecule has 0 heterocycles. The predicted molar refractivity (Wildman–Crippen MR) is 56.3 cm³/mol. The van der Waals surface area contributed by atoms with Crippen LogP contribution in [0.4, 0.5) is 0 Å². The normalized spacial score (nSPS) is 21.1. The molecule has 0 amide bonds. The van der Waals surface area contributed by atoms with Crippen molar-refractivity contribution in [2.24, 2.45) is 0 Å². The Hall–Kier alpha value is -0.850. The lowest BCUT2D eigenvalue weighted by atomic mass is 10.0. The zero-order valence-corrected chi connectivity index (χ0v) is 9.77. The van der Waals surface area contributed by atoms with E-state index in [4.69, 9.17) is 20.4 Å². The minimum Gasteiger partial charge on any atom is -0.431 e. The van der Waals surface area contributed by atoms with Crippen LogP contribution in [0.1, 0.15) is 0 Å². The van der Waals surface area contributed by atoms with Crippen molar-refractivity contribution in [3.05, 3.63) is 0 Å². The van der Waals surface area contributed by atoms with Gasteiger partial charge < -0.3 is 45.6 Å². The molecule has 0 saturated heterocycles. The SMILES string of the molecule is O=C(OC(O)[C@H](O)[C@H](O)[C@H](O)[C@@H](O)CO)C(O)CO. The van der Waals surface area contributed by atoms with Crippen molar-refractivity contribution in [1.29, 1.82) is 0 Å². The van der Waals surface area contributed by atoms with Crippen LogP contribution >= 0.6 is 0 Å². The second kappa shape index (κ2) is 8.35. The molecular weight excluding hydrogens is 268 g/mol. The van der Waals surface area contributed by atoms with Crippen molar-refractivity contribution >= 4 is 5.97 Å². The van der Waals surface area contributed by atoms with E-state index in [1.165, 1.54) is 0 Å². The smallest absolute Gasteiger partial charge is 0.339 e. The highest BCUT2D eigenvalue weighted by Gasteiger charge is 2.36. The summed E-state index contributed by atoms with van der Waals surface area (Å²) in [6.07, 6.45) is -12.4. The van der Waals surface area contributed by atoms with E-state index in [0.717, 1.165) is 0 Å². The van der Waals surface area contributed by atoms with E-state index in [0.29, 0.717) is 0 Å². The van der Waals surface area contributed by atoms with E-state index in [9.17, 15) is 25.2 Å². The summed E-state index contributed by atoms with van der Waals surface area (Å²) >= 11 is 0. The molecule has 0 aliphatic heterocycles. The molecule has 0 aliphatic carbocycles.